The summed E-state index contributed by atoms with van der Waals surface area (Å²) in [6.45, 7) is 8.80. The van der Waals surface area contributed by atoms with Crippen LogP contribution in [0.4, 0.5) is 0 Å². The summed E-state index contributed by atoms with van der Waals surface area (Å²) in [5, 5.41) is 1.25. The number of para-hydroxylation sites is 1. The number of benzene rings is 1. The molecule has 0 atom stereocenters. The lowest BCUT2D eigenvalue weighted by atomic mass is 9.84. The third-order valence-corrected chi connectivity index (χ3v) is 3.40. The lowest BCUT2D eigenvalue weighted by Gasteiger charge is -2.23. The summed E-state index contributed by atoms with van der Waals surface area (Å²) in [7, 11) is 0. The molecule has 1 nitrogen and oxygen atoms in total. The van der Waals surface area contributed by atoms with E-state index in [-0.39, 0.29) is 5.41 Å². The summed E-state index contributed by atoms with van der Waals surface area (Å²) in [6, 6.07) is 6.36. The van der Waals surface area contributed by atoms with E-state index in [2.05, 4.69) is 66.8 Å². The van der Waals surface area contributed by atoms with Crippen LogP contribution >= 0.6 is 15.9 Å². The number of hydrogen-bond acceptors (Lipinski definition) is 1. The fraction of sp³-hybridized carbons (Fsp3) is 0.357. The average Bonchev–Trinajstić information content (AvgIpc) is 2.15. The number of aryl methyl sites for hydroxylation is 1. The minimum absolute atomic E-state index is 0.119. The standard InChI is InChI=1S/C14H16BrN/c1-9-6-5-7-10-12(14(2,3)4)11(15)8-16-13(9)10/h5-8H,1-4H3. The fourth-order valence-corrected chi connectivity index (χ4v) is 3.02. The van der Waals surface area contributed by atoms with Crippen molar-refractivity contribution in [2.45, 2.75) is 33.1 Å². The van der Waals surface area contributed by atoms with E-state index in [0.717, 1.165) is 9.99 Å². The van der Waals surface area contributed by atoms with Crippen molar-refractivity contribution in [2.75, 3.05) is 0 Å². The summed E-state index contributed by atoms with van der Waals surface area (Å²) in [5.74, 6) is 0. The van der Waals surface area contributed by atoms with Crippen molar-refractivity contribution in [1.29, 1.82) is 0 Å². The zero-order valence-electron chi connectivity index (χ0n) is 10.1. The summed E-state index contributed by atoms with van der Waals surface area (Å²) in [5.41, 5.74) is 3.79. The van der Waals surface area contributed by atoms with E-state index in [0.29, 0.717) is 0 Å². The summed E-state index contributed by atoms with van der Waals surface area (Å²) in [4.78, 5) is 4.51. The highest BCUT2D eigenvalue weighted by molar-refractivity contribution is 9.10. The van der Waals surface area contributed by atoms with Gasteiger partial charge in [0.2, 0.25) is 0 Å². The van der Waals surface area contributed by atoms with Crippen molar-refractivity contribution >= 4 is 26.8 Å². The monoisotopic (exact) mass is 277 g/mol. The topological polar surface area (TPSA) is 12.9 Å². The molecular weight excluding hydrogens is 262 g/mol. The van der Waals surface area contributed by atoms with Crippen molar-refractivity contribution < 1.29 is 0 Å². The molecule has 0 aliphatic carbocycles. The summed E-state index contributed by atoms with van der Waals surface area (Å²) >= 11 is 3.62. The van der Waals surface area contributed by atoms with Gasteiger partial charge in [0, 0.05) is 16.1 Å². The Bertz CT molecular complexity index is 538. The van der Waals surface area contributed by atoms with Crippen molar-refractivity contribution in [2.24, 2.45) is 0 Å². The number of halogens is 1. The maximum atomic E-state index is 4.51. The van der Waals surface area contributed by atoms with Crippen LogP contribution in [0.15, 0.2) is 28.9 Å². The molecule has 0 N–H and O–H groups in total. The van der Waals surface area contributed by atoms with E-state index in [1.807, 2.05) is 6.20 Å². The molecule has 2 rings (SSSR count). The van der Waals surface area contributed by atoms with Crippen LogP contribution in [0.25, 0.3) is 10.9 Å². The largest absolute Gasteiger partial charge is 0.255 e. The molecule has 16 heavy (non-hydrogen) atoms. The molecule has 1 aromatic heterocycles. The highest BCUT2D eigenvalue weighted by Gasteiger charge is 2.20. The molecule has 0 aliphatic heterocycles. The Labute approximate surface area is 105 Å². The maximum absolute atomic E-state index is 4.51. The van der Waals surface area contributed by atoms with Crippen molar-refractivity contribution in [3.05, 3.63) is 40.0 Å². The van der Waals surface area contributed by atoms with Gasteiger partial charge in [-0.05, 0) is 39.4 Å². The van der Waals surface area contributed by atoms with E-state index in [9.17, 15) is 0 Å². The maximum Gasteiger partial charge on any atom is 0.0734 e. The second-order valence-electron chi connectivity index (χ2n) is 5.20. The first-order valence-corrected chi connectivity index (χ1v) is 6.25. The molecule has 2 heteroatoms. The van der Waals surface area contributed by atoms with Gasteiger partial charge in [-0.2, -0.15) is 0 Å². The smallest absolute Gasteiger partial charge is 0.0734 e. The SMILES string of the molecule is Cc1cccc2c(C(C)(C)C)c(Br)cnc12. The Morgan fingerprint density at radius 2 is 1.88 bits per heavy atom. The Balaban J connectivity index is 2.91. The Hall–Kier alpha value is -0.890. The molecule has 0 aliphatic rings. The quantitative estimate of drug-likeness (QED) is 0.686. The molecule has 0 bridgehead atoms. The van der Waals surface area contributed by atoms with Gasteiger partial charge in [0.25, 0.3) is 0 Å². The Kier molecular flexibility index (Phi) is 2.79. The zero-order valence-corrected chi connectivity index (χ0v) is 11.7. The second kappa shape index (κ2) is 3.85. The highest BCUT2D eigenvalue weighted by Crippen LogP contribution is 2.35. The second-order valence-corrected chi connectivity index (χ2v) is 6.06. The predicted octanol–water partition coefficient (Wildman–Crippen LogP) is 4.60. The highest BCUT2D eigenvalue weighted by atomic mass is 79.9. The molecular formula is C14H16BrN. The molecule has 0 fully saturated rings. The lowest BCUT2D eigenvalue weighted by Crippen LogP contribution is -2.13. The number of fused-ring (bicyclic) bond motifs is 1. The van der Waals surface area contributed by atoms with E-state index in [4.69, 9.17) is 0 Å². The van der Waals surface area contributed by atoms with Crippen molar-refractivity contribution in [3.63, 3.8) is 0 Å². The van der Waals surface area contributed by atoms with Crippen LogP contribution in [0.1, 0.15) is 31.9 Å². The van der Waals surface area contributed by atoms with Crippen molar-refractivity contribution in [1.82, 2.24) is 4.98 Å². The number of hydrogen-bond donors (Lipinski definition) is 0. The zero-order chi connectivity index (χ0) is 11.9. The van der Waals surface area contributed by atoms with E-state index in [1.165, 1.54) is 16.5 Å². The van der Waals surface area contributed by atoms with Gasteiger partial charge in [-0.25, -0.2) is 0 Å². The van der Waals surface area contributed by atoms with Crippen LogP contribution in [-0.2, 0) is 5.41 Å². The van der Waals surface area contributed by atoms with Gasteiger partial charge in [-0.15, -0.1) is 0 Å². The van der Waals surface area contributed by atoms with Gasteiger partial charge in [0.1, 0.15) is 0 Å². The molecule has 0 spiro atoms. The van der Waals surface area contributed by atoms with Gasteiger partial charge in [0.15, 0.2) is 0 Å². The molecule has 84 valence electrons. The number of nitrogens with zero attached hydrogens (tertiary/aromatic N) is 1. The third kappa shape index (κ3) is 1.86. The number of pyridine rings is 1. The van der Waals surface area contributed by atoms with Crippen LogP contribution in [0.2, 0.25) is 0 Å². The molecule has 0 radical (unpaired) electrons. The van der Waals surface area contributed by atoms with Gasteiger partial charge >= 0.3 is 0 Å². The molecule has 1 aromatic carbocycles. The lowest BCUT2D eigenvalue weighted by molar-refractivity contribution is 0.592. The first-order chi connectivity index (χ1) is 7.41. The fourth-order valence-electron chi connectivity index (χ4n) is 2.11. The Morgan fingerprint density at radius 3 is 2.50 bits per heavy atom. The van der Waals surface area contributed by atoms with Gasteiger partial charge in [0.05, 0.1) is 5.52 Å². The molecule has 0 saturated carbocycles. The molecule has 1 heterocycles. The molecule has 0 saturated heterocycles. The first-order valence-electron chi connectivity index (χ1n) is 5.45. The van der Waals surface area contributed by atoms with Crippen LogP contribution in [0.3, 0.4) is 0 Å². The third-order valence-electron chi connectivity index (χ3n) is 2.80. The normalized spacial score (nSPS) is 12.1. The number of rotatable bonds is 0. The summed E-state index contributed by atoms with van der Waals surface area (Å²) in [6.07, 6.45) is 1.91. The van der Waals surface area contributed by atoms with Crippen LogP contribution in [0, 0.1) is 6.92 Å². The van der Waals surface area contributed by atoms with Gasteiger partial charge < -0.3 is 0 Å². The van der Waals surface area contributed by atoms with Crippen LogP contribution in [0.5, 0.6) is 0 Å². The van der Waals surface area contributed by atoms with Crippen LogP contribution < -0.4 is 0 Å². The first kappa shape index (κ1) is 11.6. The van der Waals surface area contributed by atoms with Gasteiger partial charge in [-0.3, -0.25) is 4.98 Å². The molecule has 0 unspecified atom stereocenters. The summed E-state index contributed by atoms with van der Waals surface area (Å²) < 4.78 is 1.10. The Morgan fingerprint density at radius 1 is 1.19 bits per heavy atom. The van der Waals surface area contributed by atoms with Crippen molar-refractivity contribution in [3.8, 4) is 0 Å². The van der Waals surface area contributed by atoms with E-state index < -0.39 is 0 Å². The van der Waals surface area contributed by atoms with E-state index >= 15 is 0 Å². The average molecular weight is 278 g/mol. The van der Waals surface area contributed by atoms with E-state index in [1.54, 1.807) is 0 Å². The van der Waals surface area contributed by atoms with Crippen LogP contribution in [-0.4, -0.2) is 4.98 Å². The predicted molar refractivity (Wildman–Crippen MR) is 72.9 cm³/mol. The number of aromatic nitrogens is 1. The minimum atomic E-state index is 0.119. The minimum Gasteiger partial charge on any atom is -0.255 e. The molecule has 2 aromatic rings. The molecule has 0 amide bonds. The van der Waals surface area contributed by atoms with Gasteiger partial charge in [-0.1, -0.05) is 39.0 Å².